The third kappa shape index (κ3) is 4.34. The van der Waals surface area contributed by atoms with Gasteiger partial charge in [0.15, 0.2) is 5.82 Å². The van der Waals surface area contributed by atoms with Crippen LogP contribution < -0.4 is 9.64 Å². The Morgan fingerprint density at radius 3 is 2.58 bits per heavy atom. The Morgan fingerprint density at radius 2 is 1.84 bits per heavy atom. The van der Waals surface area contributed by atoms with Crippen LogP contribution in [0.2, 0.25) is 0 Å². The van der Waals surface area contributed by atoms with E-state index in [1.54, 1.807) is 18.3 Å². The minimum Gasteiger partial charge on any atom is -0.508 e. The van der Waals surface area contributed by atoms with Crippen LogP contribution in [0.15, 0.2) is 36.5 Å². The zero-order chi connectivity index (χ0) is 29.3. The molecule has 0 saturated carbocycles. The van der Waals surface area contributed by atoms with Crippen LogP contribution in [0.4, 0.5) is 10.2 Å². The number of hydrogen-bond donors (Lipinski definition) is 1. The van der Waals surface area contributed by atoms with Crippen molar-refractivity contribution in [1.29, 1.82) is 0 Å². The predicted octanol–water partition coefficient (Wildman–Crippen LogP) is 5.54. The van der Waals surface area contributed by atoms with Gasteiger partial charge in [0, 0.05) is 36.9 Å². The summed E-state index contributed by atoms with van der Waals surface area (Å²) in [5.74, 6) is 0.266. The van der Waals surface area contributed by atoms with Crippen molar-refractivity contribution in [2.24, 2.45) is 0 Å². The first-order valence-electron chi connectivity index (χ1n) is 15.9. The second-order valence-electron chi connectivity index (χ2n) is 13.0. The second kappa shape index (κ2) is 10.3. The smallest absolute Gasteiger partial charge is 0.319 e. The molecule has 0 spiro atoms. The summed E-state index contributed by atoms with van der Waals surface area (Å²) in [6.07, 6.45) is 9.39. The molecule has 9 heteroatoms. The molecule has 4 aliphatic heterocycles. The molecular weight excluding hydrogens is 543 g/mol. The summed E-state index contributed by atoms with van der Waals surface area (Å²) in [5.41, 5.74) is 2.07. The van der Waals surface area contributed by atoms with E-state index >= 15 is 4.39 Å². The Bertz CT molecular complexity index is 1710. The van der Waals surface area contributed by atoms with E-state index in [4.69, 9.17) is 19.7 Å². The van der Waals surface area contributed by atoms with E-state index in [0.717, 1.165) is 74.6 Å². The van der Waals surface area contributed by atoms with Crippen molar-refractivity contribution in [1.82, 2.24) is 24.8 Å². The fourth-order valence-electron chi connectivity index (χ4n) is 8.43. The maximum Gasteiger partial charge on any atom is 0.319 e. The quantitative estimate of drug-likeness (QED) is 0.318. The Morgan fingerprint density at radius 1 is 1.07 bits per heavy atom. The molecule has 2 aromatic carbocycles. The van der Waals surface area contributed by atoms with Gasteiger partial charge >= 0.3 is 6.01 Å². The maximum atomic E-state index is 16.8. The molecule has 2 atom stereocenters. The lowest BCUT2D eigenvalue weighted by atomic mass is 9.95. The largest absolute Gasteiger partial charge is 0.508 e. The number of fused-ring (bicyclic) bond motifs is 5. The van der Waals surface area contributed by atoms with Gasteiger partial charge in [0.1, 0.15) is 29.4 Å². The Kier molecular flexibility index (Phi) is 6.45. The molecule has 6 heterocycles. The van der Waals surface area contributed by atoms with Gasteiger partial charge in [-0.3, -0.25) is 14.8 Å². The van der Waals surface area contributed by atoms with Gasteiger partial charge in [0.25, 0.3) is 0 Å². The number of piperazine rings is 1. The number of aromatic hydroxyl groups is 1. The number of ether oxygens (including phenoxy) is 1. The summed E-state index contributed by atoms with van der Waals surface area (Å²) in [6, 6.07) is 10.4. The predicted molar refractivity (Wildman–Crippen MR) is 166 cm³/mol. The van der Waals surface area contributed by atoms with E-state index in [1.165, 1.54) is 12.8 Å². The molecule has 43 heavy (non-hydrogen) atoms. The molecule has 4 aromatic rings. The fraction of sp³-hybridized carbons (Fsp3) is 0.500. The molecule has 0 amide bonds. The van der Waals surface area contributed by atoms with E-state index < -0.39 is 5.82 Å². The molecule has 2 bridgehead atoms. The topological polar surface area (TPSA) is 77.9 Å². The second-order valence-corrected chi connectivity index (χ2v) is 13.0. The minimum atomic E-state index is -0.512. The SMILES string of the molecule is CCc1cccc2cc(O)cc(-c3ncc4c(N5CC6CCC(C5)N6C)nc(OCC56CCCN5CCC6)nc4c3F)c12. The minimum absolute atomic E-state index is 0.0322. The number of rotatable bonds is 6. The van der Waals surface area contributed by atoms with Crippen LogP contribution >= 0.6 is 0 Å². The third-order valence-electron chi connectivity index (χ3n) is 10.8. The zero-order valence-electron chi connectivity index (χ0n) is 25.0. The van der Waals surface area contributed by atoms with E-state index in [2.05, 4.69) is 28.7 Å². The number of phenols is 1. The summed E-state index contributed by atoms with van der Waals surface area (Å²) in [7, 11) is 2.21. The number of aryl methyl sites for hydroxylation is 1. The molecule has 1 N–H and O–H groups in total. The number of benzene rings is 2. The molecule has 4 aliphatic rings. The van der Waals surface area contributed by atoms with Crippen molar-refractivity contribution in [3.63, 3.8) is 0 Å². The van der Waals surface area contributed by atoms with Crippen LogP contribution in [0.1, 0.15) is 51.0 Å². The van der Waals surface area contributed by atoms with E-state index in [0.29, 0.717) is 35.5 Å². The van der Waals surface area contributed by atoms with Gasteiger partial charge in [-0.1, -0.05) is 25.1 Å². The highest BCUT2D eigenvalue weighted by molar-refractivity contribution is 6.01. The molecule has 8 nitrogen and oxygen atoms in total. The van der Waals surface area contributed by atoms with Crippen molar-refractivity contribution < 1.29 is 14.2 Å². The van der Waals surface area contributed by atoms with Gasteiger partial charge in [-0.15, -0.1) is 0 Å². The van der Waals surface area contributed by atoms with Crippen LogP contribution in [-0.4, -0.2) is 87.3 Å². The average Bonchev–Trinajstić information content (AvgIpc) is 3.64. The van der Waals surface area contributed by atoms with Gasteiger partial charge in [0.05, 0.1) is 10.9 Å². The van der Waals surface area contributed by atoms with Crippen molar-refractivity contribution in [3.8, 4) is 23.0 Å². The van der Waals surface area contributed by atoms with Gasteiger partial charge in [-0.2, -0.15) is 9.97 Å². The molecule has 8 rings (SSSR count). The summed E-state index contributed by atoms with van der Waals surface area (Å²) in [5, 5.41) is 13.0. The van der Waals surface area contributed by atoms with E-state index in [-0.39, 0.29) is 28.5 Å². The average molecular weight is 583 g/mol. The number of likely N-dealkylation sites (N-methyl/N-ethyl adjacent to an activating group) is 1. The molecular formula is C34H39FN6O2. The lowest BCUT2D eigenvalue weighted by molar-refractivity contribution is 0.107. The highest BCUT2D eigenvalue weighted by atomic mass is 19.1. The molecule has 224 valence electrons. The molecule has 0 aliphatic carbocycles. The van der Waals surface area contributed by atoms with Gasteiger partial charge < -0.3 is 14.7 Å². The Balaban J connectivity index is 1.27. The molecule has 4 saturated heterocycles. The van der Waals surface area contributed by atoms with E-state index in [9.17, 15) is 5.11 Å². The maximum absolute atomic E-state index is 16.8. The summed E-state index contributed by atoms with van der Waals surface area (Å²) in [4.78, 5) is 21.7. The first-order valence-corrected chi connectivity index (χ1v) is 15.9. The number of aromatic nitrogens is 3. The van der Waals surface area contributed by atoms with Gasteiger partial charge in [-0.25, -0.2) is 4.39 Å². The number of anilines is 1. The first kappa shape index (κ1) is 27.0. The standard InChI is InChI=1S/C34H39FN6O2/c1-3-21-7-4-8-22-15-25(42)16-26(28(21)22)30-29(35)31-27(17-36-30)32(40-18-23-9-10-24(19-40)39(23)2)38-33(37-31)43-20-34-11-5-13-41(34)14-6-12-34/h4,7-8,15-17,23-24,42H,3,5-6,9-14,18-20H2,1-2H3. The van der Waals surface area contributed by atoms with Crippen LogP contribution in [0.3, 0.4) is 0 Å². The summed E-state index contributed by atoms with van der Waals surface area (Å²) >= 11 is 0. The number of pyridine rings is 1. The van der Waals surface area contributed by atoms with E-state index in [1.807, 2.05) is 18.2 Å². The Labute approximate surface area is 251 Å². The van der Waals surface area contributed by atoms with Crippen LogP contribution in [0.5, 0.6) is 11.8 Å². The monoisotopic (exact) mass is 582 g/mol. The Hall–Kier alpha value is -3.56. The van der Waals surface area contributed by atoms with Crippen molar-refractivity contribution >= 4 is 27.5 Å². The van der Waals surface area contributed by atoms with Crippen molar-refractivity contribution in [2.75, 3.05) is 44.7 Å². The van der Waals surface area contributed by atoms with Crippen LogP contribution in [0, 0.1) is 5.82 Å². The van der Waals surface area contributed by atoms with Crippen molar-refractivity contribution in [3.05, 3.63) is 47.9 Å². The number of nitrogens with zero attached hydrogens (tertiary/aromatic N) is 6. The normalized spacial score (nSPS) is 23.5. The summed E-state index contributed by atoms with van der Waals surface area (Å²) in [6.45, 7) is 6.48. The van der Waals surface area contributed by atoms with Gasteiger partial charge in [-0.05, 0) is 93.6 Å². The fourth-order valence-corrected chi connectivity index (χ4v) is 8.43. The first-order chi connectivity index (χ1) is 20.9. The van der Waals surface area contributed by atoms with Gasteiger partial charge in [0.2, 0.25) is 0 Å². The zero-order valence-corrected chi connectivity index (χ0v) is 25.0. The number of halogens is 1. The van der Waals surface area contributed by atoms with Crippen LogP contribution in [0.25, 0.3) is 32.9 Å². The third-order valence-corrected chi connectivity index (χ3v) is 10.8. The molecule has 2 unspecified atom stereocenters. The molecule has 2 aromatic heterocycles. The number of phenolic OH excluding ortho intramolecular Hbond substituents is 1. The lowest BCUT2D eigenvalue weighted by Crippen LogP contribution is -2.52. The van der Waals surface area contributed by atoms with Crippen LogP contribution in [-0.2, 0) is 6.42 Å². The highest BCUT2D eigenvalue weighted by Crippen LogP contribution is 2.41. The van der Waals surface area contributed by atoms with Crippen molar-refractivity contribution in [2.45, 2.75) is 69.5 Å². The number of hydrogen-bond acceptors (Lipinski definition) is 8. The highest BCUT2D eigenvalue weighted by Gasteiger charge is 2.45. The molecule has 4 fully saturated rings. The lowest BCUT2D eigenvalue weighted by Gasteiger charge is -2.39. The summed E-state index contributed by atoms with van der Waals surface area (Å²) < 4.78 is 23.3. The molecule has 0 radical (unpaired) electrons.